The SMILES string of the molecule is Cc1cc2c(cc1C)-c1c(c3c4cc(C)c(C)cc4[nH]c3c3c1[nH]c1cc(C)c(C)cc13)C2.Cc1cc2c(cc1C)-c1cc3[n-]c(cc4nc(cc5[n-]c(cc-2n1)c1cc(C)c(C)cc51)-c1cc(C)c(C)cc1-4)c1cc(C)c(C)cc31.[Cu+2]. The van der Waals surface area contributed by atoms with Crippen LogP contribution in [0.1, 0.15) is 89.0 Å². The summed E-state index contributed by atoms with van der Waals surface area (Å²) in [6, 6.07) is 41.1. The van der Waals surface area contributed by atoms with Crippen LogP contribution in [0.15, 0.2) is 109 Å². The van der Waals surface area contributed by atoms with Gasteiger partial charge in [0.1, 0.15) is 0 Å². The molecular formula is C75H64CuN6. The first-order chi connectivity index (χ1) is 38.8. The van der Waals surface area contributed by atoms with Crippen LogP contribution in [0.25, 0.3) is 143 Å². The number of aromatic amines is 2. The third-order valence-corrected chi connectivity index (χ3v) is 19.1. The molecule has 8 aromatic carbocycles. The summed E-state index contributed by atoms with van der Waals surface area (Å²) in [5, 5.41) is 9.94. The van der Waals surface area contributed by atoms with Crippen LogP contribution in [-0.4, -0.2) is 19.9 Å². The number of aromatic nitrogens is 6. The quantitative estimate of drug-likeness (QED) is 0.148. The number of hydrogen-bond donors (Lipinski definition) is 2. The van der Waals surface area contributed by atoms with Gasteiger partial charge in [0.05, 0.1) is 33.8 Å². The Hall–Kier alpha value is -8.48. The van der Waals surface area contributed by atoms with Crippen molar-refractivity contribution < 1.29 is 17.1 Å². The van der Waals surface area contributed by atoms with E-state index in [4.69, 9.17) is 19.9 Å². The van der Waals surface area contributed by atoms with Crippen molar-refractivity contribution in [3.63, 3.8) is 0 Å². The van der Waals surface area contributed by atoms with Gasteiger partial charge in [-0.25, -0.2) is 9.97 Å². The first-order valence-corrected chi connectivity index (χ1v) is 28.6. The van der Waals surface area contributed by atoms with Crippen LogP contribution >= 0.6 is 0 Å². The third kappa shape index (κ3) is 7.66. The van der Waals surface area contributed by atoms with Crippen molar-refractivity contribution in [2.45, 2.75) is 103 Å². The second-order valence-electron chi connectivity index (χ2n) is 24.4. The molecule has 0 unspecified atom stereocenters. The number of H-pyrrole nitrogens is 2. The van der Waals surface area contributed by atoms with Gasteiger partial charge >= 0.3 is 17.1 Å². The van der Waals surface area contributed by atoms with E-state index >= 15 is 0 Å². The maximum absolute atomic E-state index is 5.31. The van der Waals surface area contributed by atoms with Crippen molar-refractivity contribution in [2.75, 3.05) is 0 Å². The fraction of sp³-hybridized carbons (Fsp3) is 0.200. The zero-order valence-corrected chi connectivity index (χ0v) is 50.1. The summed E-state index contributed by atoms with van der Waals surface area (Å²) in [7, 11) is 0. The molecule has 2 aliphatic heterocycles. The monoisotopic (exact) mass is 1110 g/mol. The molecule has 0 fully saturated rings. The Kier molecular flexibility index (Phi) is 11.5. The molecule has 1 aliphatic carbocycles. The predicted molar refractivity (Wildman–Crippen MR) is 343 cm³/mol. The summed E-state index contributed by atoms with van der Waals surface area (Å²) in [4.78, 5) is 29.0. The van der Waals surface area contributed by atoms with Crippen molar-refractivity contribution in [1.29, 1.82) is 0 Å². The third-order valence-electron chi connectivity index (χ3n) is 19.1. The van der Waals surface area contributed by atoms with Crippen molar-refractivity contribution in [2.24, 2.45) is 0 Å². The van der Waals surface area contributed by atoms with Gasteiger partial charge in [0.15, 0.2) is 0 Å². The summed E-state index contributed by atoms with van der Waals surface area (Å²) < 4.78 is 0. The number of benzene rings is 8. The van der Waals surface area contributed by atoms with Crippen molar-refractivity contribution in [3.05, 3.63) is 198 Å². The van der Waals surface area contributed by atoms with Gasteiger partial charge in [-0.05, 0) is 292 Å². The van der Waals surface area contributed by atoms with Crippen LogP contribution < -0.4 is 9.97 Å². The summed E-state index contributed by atoms with van der Waals surface area (Å²) >= 11 is 0. The van der Waals surface area contributed by atoms with Gasteiger partial charge < -0.3 is 19.9 Å². The molecular weight excluding hydrogens is 1050 g/mol. The molecule has 3 aliphatic rings. The van der Waals surface area contributed by atoms with Crippen LogP contribution in [0.4, 0.5) is 0 Å². The zero-order valence-electron chi connectivity index (χ0n) is 49.2. The normalized spacial score (nSPS) is 12.4. The molecule has 1 radical (unpaired) electrons. The fourth-order valence-electron chi connectivity index (χ4n) is 13.4. The van der Waals surface area contributed by atoms with E-state index in [1.807, 2.05) is 0 Å². The van der Waals surface area contributed by atoms with E-state index in [9.17, 15) is 0 Å². The van der Waals surface area contributed by atoms with E-state index in [1.54, 1.807) is 0 Å². The molecule has 7 heteroatoms. The standard InChI is InChI=1S/C44H36N4.C31H28N2.Cu/c1-21-9-29-30(10-22(21)2)38-18-40-33-13-25(5)26(6)14-34(33)42(47-40)20-44-36-16-28(8)27(7)15-35(36)43(48-44)19-41-32-12-24(4)23(3)11-31(32)39(46-41)17-37(29)45-38;1-14-7-20-13-24-27(21(20)8-15(14)2)30-29(23-10-17(4)19(6)12-26(23)33-30)31-28(24)22-9-16(3)18(5)11-25(22)32-31;/h9-20H,1-8H3;7-12,32-33H,13H2,1-6H3;/q-2;;+2. The van der Waals surface area contributed by atoms with Crippen LogP contribution in [-0.2, 0) is 23.5 Å². The minimum atomic E-state index is 0. The summed E-state index contributed by atoms with van der Waals surface area (Å²) in [6.07, 6.45) is 0.992. The maximum Gasteiger partial charge on any atom is 2.00 e. The second-order valence-corrected chi connectivity index (χ2v) is 24.4. The van der Waals surface area contributed by atoms with Gasteiger partial charge in [-0.1, -0.05) is 36.4 Å². The molecule has 6 nitrogen and oxygen atoms in total. The van der Waals surface area contributed by atoms with Crippen LogP contribution in [0.2, 0.25) is 0 Å². The zero-order chi connectivity index (χ0) is 55.9. The molecule has 16 rings (SSSR count). The molecule has 0 amide bonds. The Labute approximate surface area is 489 Å². The summed E-state index contributed by atoms with van der Waals surface area (Å²) in [5.74, 6) is 0. The second kappa shape index (κ2) is 18.3. The van der Waals surface area contributed by atoms with E-state index < -0.39 is 0 Å². The van der Waals surface area contributed by atoms with E-state index in [0.717, 1.165) is 95.1 Å². The smallest absolute Gasteiger partial charge is 0.657 e. The van der Waals surface area contributed by atoms with E-state index in [-0.39, 0.29) is 17.1 Å². The van der Waals surface area contributed by atoms with Crippen molar-refractivity contribution >= 4 is 87.2 Å². The molecule has 0 saturated carbocycles. The number of fused-ring (bicyclic) bond motifs is 32. The van der Waals surface area contributed by atoms with Crippen molar-refractivity contribution in [3.8, 4) is 56.2 Å². The van der Waals surface area contributed by atoms with Gasteiger partial charge in [-0.2, -0.15) is 0 Å². The molecule has 13 aromatic rings. The van der Waals surface area contributed by atoms with Gasteiger partial charge in [0.2, 0.25) is 0 Å². The van der Waals surface area contributed by atoms with Gasteiger partial charge in [-0.3, -0.25) is 0 Å². The molecule has 8 bridgehead atoms. The Bertz CT molecular complexity index is 4870. The number of rotatable bonds is 0. The van der Waals surface area contributed by atoms with Crippen LogP contribution in [0, 0.1) is 96.9 Å². The predicted octanol–water partition coefficient (Wildman–Crippen LogP) is 19.4. The largest absolute Gasteiger partial charge is 2.00 e. The Morgan fingerprint density at radius 3 is 0.976 bits per heavy atom. The van der Waals surface area contributed by atoms with Gasteiger partial charge in [-0.15, -0.1) is 22.1 Å². The molecule has 0 atom stereocenters. The first kappa shape index (κ1) is 51.7. The van der Waals surface area contributed by atoms with Crippen molar-refractivity contribution in [1.82, 2.24) is 29.9 Å². The maximum atomic E-state index is 5.31. The molecule has 0 spiro atoms. The Morgan fingerprint density at radius 1 is 0.305 bits per heavy atom. The van der Waals surface area contributed by atoms with Gasteiger partial charge in [0, 0.05) is 60.4 Å². The topological polar surface area (TPSA) is 85.6 Å². The fourth-order valence-corrected chi connectivity index (χ4v) is 13.4. The number of nitrogens with zero attached hydrogens (tertiary/aromatic N) is 4. The summed E-state index contributed by atoms with van der Waals surface area (Å²) in [6.45, 7) is 30.7. The Balaban J connectivity index is 0.000000155. The molecule has 5 aromatic heterocycles. The molecule has 2 N–H and O–H groups in total. The average molecular weight is 1110 g/mol. The van der Waals surface area contributed by atoms with Gasteiger partial charge in [0.25, 0.3) is 0 Å². The summed E-state index contributed by atoms with van der Waals surface area (Å²) in [5.41, 5.74) is 40.8. The molecule has 7 heterocycles. The number of aryl methyl sites for hydroxylation is 14. The van der Waals surface area contributed by atoms with E-state index in [1.165, 1.54) is 144 Å². The van der Waals surface area contributed by atoms with E-state index in [2.05, 4.69) is 216 Å². The minimum absolute atomic E-state index is 0. The molecule has 0 saturated heterocycles. The van der Waals surface area contributed by atoms with Crippen LogP contribution in [0.3, 0.4) is 0 Å². The average Bonchev–Trinajstić information content (AvgIpc) is 2.05. The molecule has 82 heavy (non-hydrogen) atoms. The first-order valence-electron chi connectivity index (χ1n) is 28.6. The van der Waals surface area contributed by atoms with E-state index in [0.29, 0.717) is 0 Å². The van der Waals surface area contributed by atoms with Crippen LogP contribution in [0.5, 0.6) is 0 Å². The number of nitrogens with one attached hydrogen (secondary N) is 2. The number of hydrogen-bond acceptors (Lipinski definition) is 2. The minimum Gasteiger partial charge on any atom is -0.657 e. The Morgan fingerprint density at radius 2 is 0.598 bits per heavy atom. The molecule has 405 valence electrons.